The van der Waals surface area contributed by atoms with Gasteiger partial charge in [0.05, 0.1) is 32.4 Å². The number of aryl methyl sites for hydroxylation is 1. The summed E-state index contributed by atoms with van der Waals surface area (Å²) in [5.41, 5.74) is 0.516. The highest BCUT2D eigenvalue weighted by Gasteiger charge is 2.30. The molecule has 2 aromatic rings. The number of fused-ring (bicyclic) bond motifs is 1. The van der Waals surface area contributed by atoms with Gasteiger partial charge in [0, 0.05) is 12.5 Å². The summed E-state index contributed by atoms with van der Waals surface area (Å²) in [4.78, 5) is 28.6. The molecular weight excluding hydrogens is 326 g/mol. The largest absolute Gasteiger partial charge is 0.497 e. The minimum atomic E-state index is -0.516. The second-order valence-electron chi connectivity index (χ2n) is 5.67. The predicted octanol–water partition coefficient (Wildman–Crippen LogP) is 1.20. The second kappa shape index (κ2) is 6.80. The second-order valence-corrected chi connectivity index (χ2v) is 5.67. The van der Waals surface area contributed by atoms with Crippen molar-refractivity contribution in [3.05, 3.63) is 24.0 Å². The van der Waals surface area contributed by atoms with Gasteiger partial charge >= 0.3 is 0 Å². The van der Waals surface area contributed by atoms with Crippen molar-refractivity contribution in [2.24, 2.45) is 5.92 Å². The Balaban J connectivity index is 1.68. The van der Waals surface area contributed by atoms with Gasteiger partial charge in [0.1, 0.15) is 17.3 Å². The molecule has 0 unspecified atom stereocenters. The van der Waals surface area contributed by atoms with E-state index in [1.165, 1.54) is 7.11 Å². The Labute approximate surface area is 144 Å². The van der Waals surface area contributed by atoms with Gasteiger partial charge in [-0.05, 0) is 19.1 Å². The summed E-state index contributed by atoms with van der Waals surface area (Å²) in [5.74, 6) is 1.04. The first-order chi connectivity index (χ1) is 12.0. The van der Waals surface area contributed by atoms with Crippen molar-refractivity contribution >= 4 is 23.5 Å². The molecule has 2 N–H and O–H groups in total. The third-order valence-corrected chi connectivity index (χ3v) is 3.89. The first kappa shape index (κ1) is 16.7. The number of anilines is 2. The fourth-order valence-corrected chi connectivity index (χ4v) is 2.66. The van der Waals surface area contributed by atoms with Crippen LogP contribution in [0.25, 0.3) is 0 Å². The van der Waals surface area contributed by atoms with Crippen LogP contribution in [-0.2, 0) is 16.1 Å². The first-order valence-corrected chi connectivity index (χ1v) is 7.74. The molecule has 0 aliphatic carbocycles. The minimum Gasteiger partial charge on any atom is -0.497 e. The topological polar surface area (TPSA) is 107 Å². The summed E-state index contributed by atoms with van der Waals surface area (Å²) in [6.07, 6.45) is 0.0271. The molecule has 9 heteroatoms. The van der Waals surface area contributed by atoms with Gasteiger partial charge in [-0.15, -0.1) is 0 Å². The van der Waals surface area contributed by atoms with Crippen LogP contribution in [0.15, 0.2) is 18.2 Å². The lowest BCUT2D eigenvalue weighted by Crippen LogP contribution is -2.36. The molecule has 2 heterocycles. The molecule has 132 valence electrons. The number of nitrogens with one attached hydrogen (secondary N) is 2. The number of hydrogen-bond donors (Lipinski definition) is 2. The number of amides is 2. The molecule has 0 saturated carbocycles. The van der Waals surface area contributed by atoms with Crippen molar-refractivity contribution in [2.45, 2.75) is 19.9 Å². The highest BCUT2D eigenvalue weighted by atomic mass is 16.5. The minimum absolute atomic E-state index is 0.0271. The van der Waals surface area contributed by atoms with Gasteiger partial charge in [-0.2, -0.15) is 10.1 Å². The van der Waals surface area contributed by atoms with E-state index in [9.17, 15) is 9.59 Å². The molecule has 0 bridgehead atoms. The lowest BCUT2D eigenvalue weighted by atomic mass is 10.0. The number of aromatic nitrogens is 3. The maximum atomic E-state index is 12.3. The van der Waals surface area contributed by atoms with E-state index in [1.54, 1.807) is 36.9 Å². The van der Waals surface area contributed by atoms with E-state index in [4.69, 9.17) is 9.47 Å². The third kappa shape index (κ3) is 3.54. The fourth-order valence-electron chi connectivity index (χ4n) is 2.66. The number of methoxy groups -OCH3 is 2. The van der Waals surface area contributed by atoms with E-state index < -0.39 is 5.92 Å². The van der Waals surface area contributed by atoms with Crippen molar-refractivity contribution in [2.75, 3.05) is 24.9 Å². The lowest BCUT2D eigenvalue weighted by molar-refractivity contribution is -0.126. The van der Waals surface area contributed by atoms with Crippen LogP contribution in [0.2, 0.25) is 0 Å². The van der Waals surface area contributed by atoms with E-state index >= 15 is 0 Å². The van der Waals surface area contributed by atoms with E-state index in [0.29, 0.717) is 35.5 Å². The van der Waals surface area contributed by atoms with Gasteiger partial charge in [-0.3, -0.25) is 14.9 Å². The van der Waals surface area contributed by atoms with Crippen LogP contribution >= 0.6 is 0 Å². The van der Waals surface area contributed by atoms with Crippen LogP contribution in [0.5, 0.6) is 11.5 Å². The SMILES string of the molecule is COc1ccc(NC(=O)C[C@H]2Cn3nc(C)nc3NC2=O)c(OC)c1. The Morgan fingerprint density at radius 2 is 2.20 bits per heavy atom. The van der Waals surface area contributed by atoms with Crippen LogP contribution in [0.1, 0.15) is 12.2 Å². The summed E-state index contributed by atoms with van der Waals surface area (Å²) in [6.45, 7) is 2.06. The number of benzene rings is 1. The maximum absolute atomic E-state index is 12.3. The summed E-state index contributed by atoms with van der Waals surface area (Å²) in [5, 5.41) is 9.63. The van der Waals surface area contributed by atoms with Gasteiger partial charge in [0.2, 0.25) is 17.8 Å². The first-order valence-electron chi connectivity index (χ1n) is 7.74. The molecule has 0 fully saturated rings. The quantitative estimate of drug-likeness (QED) is 0.843. The number of ether oxygens (including phenoxy) is 2. The van der Waals surface area contributed by atoms with Crippen molar-refractivity contribution in [1.29, 1.82) is 0 Å². The van der Waals surface area contributed by atoms with Crippen molar-refractivity contribution in [3.8, 4) is 11.5 Å². The average molecular weight is 345 g/mol. The highest BCUT2D eigenvalue weighted by molar-refractivity contribution is 5.98. The Kier molecular flexibility index (Phi) is 4.55. The Morgan fingerprint density at radius 3 is 2.92 bits per heavy atom. The molecule has 1 aliphatic rings. The molecule has 3 rings (SSSR count). The van der Waals surface area contributed by atoms with Crippen LogP contribution in [0.4, 0.5) is 11.6 Å². The molecule has 0 spiro atoms. The summed E-state index contributed by atoms with van der Waals surface area (Å²) < 4.78 is 12.0. The summed E-state index contributed by atoms with van der Waals surface area (Å²) in [6, 6.07) is 5.08. The zero-order valence-electron chi connectivity index (χ0n) is 14.2. The normalized spacial score (nSPS) is 16.0. The van der Waals surface area contributed by atoms with Crippen LogP contribution in [0, 0.1) is 12.8 Å². The fraction of sp³-hybridized carbons (Fsp3) is 0.375. The highest BCUT2D eigenvalue weighted by Crippen LogP contribution is 2.29. The summed E-state index contributed by atoms with van der Waals surface area (Å²) in [7, 11) is 3.06. The lowest BCUT2D eigenvalue weighted by Gasteiger charge is -2.22. The van der Waals surface area contributed by atoms with Gasteiger partial charge < -0.3 is 14.8 Å². The average Bonchev–Trinajstić information content (AvgIpc) is 2.94. The number of carbonyl (C=O) groups is 2. The molecule has 0 saturated heterocycles. The number of carbonyl (C=O) groups excluding carboxylic acids is 2. The van der Waals surface area contributed by atoms with E-state index in [0.717, 1.165) is 0 Å². The predicted molar refractivity (Wildman–Crippen MR) is 89.7 cm³/mol. The van der Waals surface area contributed by atoms with E-state index in [-0.39, 0.29) is 18.2 Å². The third-order valence-electron chi connectivity index (χ3n) is 3.89. The smallest absolute Gasteiger partial charge is 0.232 e. The molecule has 0 radical (unpaired) electrons. The number of nitrogens with zero attached hydrogens (tertiary/aromatic N) is 3. The molecule has 9 nitrogen and oxygen atoms in total. The van der Waals surface area contributed by atoms with Crippen LogP contribution < -0.4 is 20.1 Å². The van der Waals surface area contributed by atoms with Crippen molar-refractivity contribution < 1.29 is 19.1 Å². The van der Waals surface area contributed by atoms with Crippen molar-refractivity contribution in [1.82, 2.24) is 14.8 Å². The summed E-state index contributed by atoms with van der Waals surface area (Å²) >= 11 is 0. The zero-order chi connectivity index (χ0) is 18.0. The Bertz CT molecular complexity index is 817. The van der Waals surface area contributed by atoms with E-state index in [2.05, 4.69) is 20.7 Å². The molecular formula is C16H19N5O4. The molecule has 1 atom stereocenters. The zero-order valence-corrected chi connectivity index (χ0v) is 14.2. The maximum Gasteiger partial charge on any atom is 0.232 e. The molecule has 1 aromatic heterocycles. The molecule has 25 heavy (non-hydrogen) atoms. The molecule has 2 amide bonds. The number of hydrogen-bond acceptors (Lipinski definition) is 6. The van der Waals surface area contributed by atoms with Gasteiger partial charge in [0.15, 0.2) is 0 Å². The monoisotopic (exact) mass is 345 g/mol. The number of rotatable bonds is 5. The van der Waals surface area contributed by atoms with Gasteiger partial charge in [-0.25, -0.2) is 4.68 Å². The van der Waals surface area contributed by atoms with Crippen LogP contribution in [0.3, 0.4) is 0 Å². The molecule has 1 aromatic carbocycles. The Morgan fingerprint density at radius 1 is 1.40 bits per heavy atom. The van der Waals surface area contributed by atoms with Gasteiger partial charge in [-0.1, -0.05) is 0 Å². The van der Waals surface area contributed by atoms with Crippen LogP contribution in [-0.4, -0.2) is 40.8 Å². The standard InChI is InChI=1S/C16H19N5O4/c1-9-17-16-19-15(23)10(8-21(16)20-9)6-14(22)18-12-5-4-11(24-2)7-13(12)25-3/h4-5,7,10H,6,8H2,1-3H3,(H,18,22)(H,17,19,20,23)/t10-/m0/s1. The molecule has 1 aliphatic heterocycles. The van der Waals surface area contributed by atoms with Crippen molar-refractivity contribution in [3.63, 3.8) is 0 Å². The van der Waals surface area contributed by atoms with E-state index in [1.807, 2.05) is 0 Å². The Hall–Kier alpha value is -3.10. The van der Waals surface area contributed by atoms with Gasteiger partial charge in [0.25, 0.3) is 0 Å².